The fourth-order valence-electron chi connectivity index (χ4n) is 1.73. The number of carbonyl (C=O) groups excluding carboxylic acids is 3. The predicted octanol–water partition coefficient (Wildman–Crippen LogP) is 2.41. The van der Waals surface area contributed by atoms with Crippen LogP contribution in [0.3, 0.4) is 0 Å². The fourth-order valence-corrected chi connectivity index (χ4v) is 3.27. The van der Waals surface area contributed by atoms with Gasteiger partial charge in [-0.3, -0.25) is 14.9 Å². The number of hydrogen-bond donors (Lipinski definition) is 2. The van der Waals surface area contributed by atoms with E-state index in [0.717, 1.165) is 16.2 Å². The monoisotopic (exact) mass is 382 g/mol. The number of thiazole rings is 2. The number of amides is 2. The minimum Gasteiger partial charge on any atom is -0.459 e. The van der Waals surface area contributed by atoms with E-state index in [2.05, 4.69) is 39.2 Å². The van der Waals surface area contributed by atoms with Gasteiger partial charge in [-0.2, -0.15) is 0 Å². The molecule has 0 saturated heterocycles. The molecule has 10 heteroatoms. The van der Waals surface area contributed by atoms with Crippen molar-refractivity contribution in [2.75, 3.05) is 17.2 Å². The van der Waals surface area contributed by atoms with Gasteiger partial charge < -0.3 is 10.1 Å². The first kappa shape index (κ1) is 19.0. The Morgan fingerprint density at radius 3 is 2.64 bits per heavy atom. The topological polar surface area (TPSA) is 110 Å². The molecule has 0 atom stereocenters. The van der Waals surface area contributed by atoms with Gasteiger partial charge in [0.1, 0.15) is 0 Å². The average molecular weight is 382 g/mol. The number of nitrogens with zero attached hydrogens (tertiary/aromatic N) is 2. The third-order valence-electron chi connectivity index (χ3n) is 2.91. The minimum atomic E-state index is -0.971. The van der Waals surface area contributed by atoms with E-state index >= 15 is 0 Å². The molecule has 25 heavy (non-hydrogen) atoms. The lowest BCUT2D eigenvalue weighted by Crippen LogP contribution is -2.25. The standard InChI is InChI=1S/C15H18N4O4S2/c1-4-23-13(22)12(21)19-15-17-9(7-24-15)5-11(20)18-14-16-6-10(25-14)8(2)3/h6-8H,4-5H2,1-3H3,(H,16,18,20)(H,17,19,21). The summed E-state index contributed by atoms with van der Waals surface area (Å²) in [6.07, 6.45) is 1.79. The third kappa shape index (κ3) is 5.61. The number of carbonyl (C=O) groups is 3. The van der Waals surface area contributed by atoms with Crippen molar-refractivity contribution >= 4 is 50.7 Å². The van der Waals surface area contributed by atoms with Crippen LogP contribution in [0.2, 0.25) is 0 Å². The van der Waals surface area contributed by atoms with E-state index in [1.54, 1.807) is 18.5 Å². The van der Waals surface area contributed by atoms with Crippen LogP contribution in [0.25, 0.3) is 0 Å². The van der Waals surface area contributed by atoms with E-state index in [-0.39, 0.29) is 24.1 Å². The molecule has 0 unspecified atom stereocenters. The van der Waals surface area contributed by atoms with Crippen molar-refractivity contribution in [3.8, 4) is 0 Å². The fraction of sp³-hybridized carbons (Fsp3) is 0.400. The highest BCUT2D eigenvalue weighted by Gasteiger charge is 2.17. The third-order valence-corrected chi connectivity index (χ3v) is 4.93. The van der Waals surface area contributed by atoms with Gasteiger partial charge in [-0.05, 0) is 12.8 Å². The summed E-state index contributed by atoms with van der Waals surface area (Å²) in [7, 11) is 0. The number of hydrogen-bond acceptors (Lipinski definition) is 8. The van der Waals surface area contributed by atoms with Crippen LogP contribution in [0.4, 0.5) is 10.3 Å². The van der Waals surface area contributed by atoms with Crippen molar-refractivity contribution in [3.05, 3.63) is 22.1 Å². The van der Waals surface area contributed by atoms with Crippen molar-refractivity contribution in [1.29, 1.82) is 0 Å². The maximum atomic E-state index is 12.0. The highest BCUT2D eigenvalue weighted by atomic mass is 32.1. The van der Waals surface area contributed by atoms with E-state index in [1.807, 2.05) is 0 Å². The second-order valence-corrected chi connectivity index (χ2v) is 7.19. The molecule has 0 aliphatic carbocycles. The Labute approximate surface area is 152 Å². The van der Waals surface area contributed by atoms with Crippen LogP contribution < -0.4 is 10.6 Å². The molecule has 0 bridgehead atoms. The van der Waals surface area contributed by atoms with Crippen LogP contribution in [0, 0.1) is 0 Å². The molecule has 2 amide bonds. The molecule has 0 spiro atoms. The molecule has 0 aromatic carbocycles. The van der Waals surface area contributed by atoms with E-state index < -0.39 is 11.9 Å². The number of anilines is 2. The predicted molar refractivity (Wildman–Crippen MR) is 95.9 cm³/mol. The van der Waals surface area contributed by atoms with Crippen LogP contribution in [-0.4, -0.2) is 34.4 Å². The average Bonchev–Trinajstić information content (AvgIpc) is 3.17. The summed E-state index contributed by atoms with van der Waals surface area (Å²) >= 11 is 2.56. The molecule has 2 heterocycles. The van der Waals surface area contributed by atoms with E-state index in [9.17, 15) is 14.4 Å². The molecular weight excluding hydrogens is 364 g/mol. The van der Waals surface area contributed by atoms with Gasteiger partial charge in [-0.25, -0.2) is 14.8 Å². The van der Waals surface area contributed by atoms with Gasteiger partial charge in [-0.1, -0.05) is 13.8 Å². The van der Waals surface area contributed by atoms with E-state index in [1.165, 1.54) is 11.3 Å². The number of ether oxygens (including phenoxy) is 1. The maximum absolute atomic E-state index is 12.0. The Balaban J connectivity index is 1.88. The lowest BCUT2D eigenvalue weighted by Gasteiger charge is -2.01. The van der Waals surface area contributed by atoms with Gasteiger partial charge in [0.05, 0.1) is 18.7 Å². The van der Waals surface area contributed by atoms with E-state index in [0.29, 0.717) is 16.7 Å². The van der Waals surface area contributed by atoms with E-state index in [4.69, 9.17) is 0 Å². The molecule has 0 fully saturated rings. The number of rotatable bonds is 6. The molecule has 134 valence electrons. The minimum absolute atomic E-state index is 0.0440. The lowest BCUT2D eigenvalue weighted by atomic mass is 10.2. The van der Waals surface area contributed by atoms with Crippen LogP contribution in [-0.2, 0) is 25.5 Å². The van der Waals surface area contributed by atoms with Gasteiger partial charge in [0, 0.05) is 16.5 Å². The summed E-state index contributed by atoms with van der Waals surface area (Å²) in [6.45, 7) is 5.84. The van der Waals surface area contributed by atoms with Crippen molar-refractivity contribution in [2.24, 2.45) is 0 Å². The smallest absolute Gasteiger partial charge is 0.397 e. The van der Waals surface area contributed by atoms with Gasteiger partial charge in [0.25, 0.3) is 0 Å². The number of nitrogens with one attached hydrogen (secondary N) is 2. The molecule has 2 aromatic heterocycles. The van der Waals surface area contributed by atoms with Crippen molar-refractivity contribution in [3.63, 3.8) is 0 Å². The van der Waals surface area contributed by atoms with Crippen molar-refractivity contribution < 1.29 is 19.1 Å². The molecule has 0 aliphatic heterocycles. The first-order valence-corrected chi connectivity index (χ1v) is 9.26. The molecule has 0 aliphatic rings. The highest BCUT2D eigenvalue weighted by molar-refractivity contribution is 7.15. The first-order chi connectivity index (χ1) is 11.9. The normalized spacial score (nSPS) is 10.6. The largest absolute Gasteiger partial charge is 0.459 e. The quantitative estimate of drug-likeness (QED) is 0.586. The zero-order chi connectivity index (χ0) is 18.4. The second-order valence-electron chi connectivity index (χ2n) is 5.27. The zero-order valence-electron chi connectivity index (χ0n) is 14.0. The lowest BCUT2D eigenvalue weighted by molar-refractivity contribution is -0.152. The molecule has 2 rings (SSSR count). The molecular formula is C15H18N4O4S2. The van der Waals surface area contributed by atoms with Gasteiger partial charge in [0.2, 0.25) is 5.91 Å². The maximum Gasteiger partial charge on any atom is 0.397 e. The Morgan fingerprint density at radius 1 is 1.24 bits per heavy atom. The van der Waals surface area contributed by atoms with Crippen LogP contribution >= 0.6 is 22.7 Å². The highest BCUT2D eigenvalue weighted by Crippen LogP contribution is 2.25. The molecule has 2 aromatic rings. The summed E-state index contributed by atoms with van der Waals surface area (Å²) in [4.78, 5) is 44.2. The van der Waals surface area contributed by atoms with Crippen molar-refractivity contribution in [2.45, 2.75) is 33.1 Å². The van der Waals surface area contributed by atoms with Gasteiger partial charge in [-0.15, -0.1) is 22.7 Å². The molecule has 0 saturated carbocycles. The Morgan fingerprint density at radius 2 is 2.00 bits per heavy atom. The summed E-state index contributed by atoms with van der Waals surface area (Å²) in [5.41, 5.74) is 0.488. The van der Waals surface area contributed by atoms with Crippen LogP contribution in [0.1, 0.15) is 37.3 Å². The zero-order valence-corrected chi connectivity index (χ0v) is 15.6. The summed E-state index contributed by atoms with van der Waals surface area (Å²) in [5, 5.41) is 7.48. The first-order valence-electron chi connectivity index (χ1n) is 7.57. The summed E-state index contributed by atoms with van der Waals surface area (Å²) in [6, 6.07) is 0. The number of aromatic nitrogens is 2. The van der Waals surface area contributed by atoms with Gasteiger partial charge in [0.15, 0.2) is 10.3 Å². The SMILES string of the molecule is CCOC(=O)C(=O)Nc1nc(CC(=O)Nc2ncc(C(C)C)s2)cs1. The molecule has 0 radical (unpaired) electrons. The number of esters is 1. The molecule has 8 nitrogen and oxygen atoms in total. The summed E-state index contributed by atoms with van der Waals surface area (Å²) < 4.78 is 4.59. The second kappa shape index (κ2) is 8.67. The van der Waals surface area contributed by atoms with Crippen molar-refractivity contribution in [1.82, 2.24) is 9.97 Å². The Bertz CT molecular complexity index is 769. The molecule has 2 N–H and O–H groups in total. The summed E-state index contributed by atoms with van der Waals surface area (Å²) in [5.74, 6) is -1.76. The Hall–Kier alpha value is -2.33. The Kier molecular flexibility index (Phi) is 6.59. The van der Waals surface area contributed by atoms with Gasteiger partial charge >= 0.3 is 11.9 Å². The van der Waals surface area contributed by atoms with Crippen LogP contribution in [0.15, 0.2) is 11.6 Å². The van der Waals surface area contributed by atoms with Crippen LogP contribution in [0.5, 0.6) is 0 Å².